The summed E-state index contributed by atoms with van der Waals surface area (Å²) in [4.78, 5) is 2.43. The summed E-state index contributed by atoms with van der Waals surface area (Å²) in [5.74, 6) is 0. The highest BCUT2D eigenvalue weighted by atomic mass is 16.3. The molecule has 1 N–H and O–H groups in total. The second-order valence-electron chi connectivity index (χ2n) is 8.14. The summed E-state index contributed by atoms with van der Waals surface area (Å²) in [6.07, 6.45) is 14.4. The monoisotopic (exact) mass is 361 g/mol. The van der Waals surface area contributed by atoms with E-state index in [4.69, 9.17) is 0 Å². The fourth-order valence-corrected chi connectivity index (χ4v) is 2.58. The van der Waals surface area contributed by atoms with Gasteiger partial charge in [0.2, 0.25) is 0 Å². The molecule has 0 aromatic carbocycles. The topological polar surface area (TPSA) is 23.5 Å². The van der Waals surface area contributed by atoms with Crippen LogP contribution in [0.3, 0.4) is 0 Å². The van der Waals surface area contributed by atoms with Crippen LogP contribution in [0.5, 0.6) is 0 Å². The van der Waals surface area contributed by atoms with Crippen LogP contribution < -0.4 is 0 Å². The van der Waals surface area contributed by atoms with Crippen molar-refractivity contribution in [1.29, 1.82) is 0 Å². The fourth-order valence-electron chi connectivity index (χ4n) is 2.58. The van der Waals surface area contributed by atoms with Crippen molar-refractivity contribution in [2.24, 2.45) is 0 Å². The number of nitrogens with zero attached hydrogens (tertiary/aromatic N) is 1. The van der Waals surface area contributed by atoms with Crippen LogP contribution in [-0.2, 0) is 0 Å². The number of hydrogen-bond acceptors (Lipinski definition) is 2. The maximum Gasteiger partial charge on any atom is 0.0524 e. The number of aliphatic hydroxyl groups is 1. The van der Waals surface area contributed by atoms with Crippen molar-refractivity contribution in [3.63, 3.8) is 0 Å². The molecule has 2 nitrogen and oxygen atoms in total. The maximum absolute atomic E-state index is 9.62. The third-order valence-electron chi connectivity index (χ3n) is 4.44. The van der Waals surface area contributed by atoms with E-state index in [0.717, 1.165) is 51.7 Å². The van der Waals surface area contributed by atoms with Crippen LogP contribution in [0.4, 0.5) is 0 Å². The van der Waals surface area contributed by atoms with E-state index in [9.17, 15) is 5.11 Å². The zero-order chi connectivity index (χ0) is 19.9. The lowest BCUT2D eigenvalue weighted by atomic mass is 10.1. The van der Waals surface area contributed by atoms with Crippen LogP contribution in [0.1, 0.15) is 80.6 Å². The molecular formula is C24H43NO. The predicted octanol–water partition coefficient (Wildman–Crippen LogP) is 6.44. The summed E-state index contributed by atoms with van der Waals surface area (Å²) in [7, 11) is 0. The summed E-state index contributed by atoms with van der Waals surface area (Å²) in [6.45, 7) is 17.8. The normalized spacial score (nSPS) is 13.7. The van der Waals surface area contributed by atoms with Gasteiger partial charge in [-0.3, -0.25) is 4.90 Å². The Kier molecular flexibility index (Phi) is 14.3. The van der Waals surface area contributed by atoms with E-state index in [1.54, 1.807) is 0 Å². The van der Waals surface area contributed by atoms with Gasteiger partial charge in [0.05, 0.1) is 6.10 Å². The fraction of sp³-hybridized carbons (Fsp3) is 0.667. The van der Waals surface area contributed by atoms with Gasteiger partial charge < -0.3 is 5.11 Å². The molecule has 0 aromatic heterocycles. The van der Waals surface area contributed by atoms with Gasteiger partial charge in [0.15, 0.2) is 0 Å². The Labute approximate surface area is 163 Å². The minimum Gasteiger partial charge on any atom is -0.393 e. The van der Waals surface area contributed by atoms with Crippen LogP contribution >= 0.6 is 0 Å². The Balaban J connectivity index is 4.59. The van der Waals surface area contributed by atoms with Crippen molar-refractivity contribution in [2.75, 3.05) is 19.6 Å². The second kappa shape index (κ2) is 15.0. The lowest BCUT2D eigenvalue weighted by Gasteiger charge is -2.21. The van der Waals surface area contributed by atoms with Gasteiger partial charge in [0.1, 0.15) is 0 Å². The Morgan fingerprint density at radius 1 is 0.769 bits per heavy atom. The van der Waals surface area contributed by atoms with Crippen LogP contribution in [-0.4, -0.2) is 35.7 Å². The molecule has 0 saturated heterocycles. The standard InChI is InChI=1S/C24H43NO/c1-20(2)10-8-12-22(5)14-17-25(19-16-24(7)26)18-15-23(6)13-9-11-21(3)4/h10-11,14-15,24,26H,8-9,12-13,16-19H2,1-7H3/b22-14+,23-15+. The van der Waals surface area contributed by atoms with Crippen LogP contribution in [0.15, 0.2) is 46.6 Å². The van der Waals surface area contributed by atoms with Gasteiger partial charge in [0.25, 0.3) is 0 Å². The van der Waals surface area contributed by atoms with Gasteiger partial charge in [-0.2, -0.15) is 0 Å². The largest absolute Gasteiger partial charge is 0.393 e. The highest BCUT2D eigenvalue weighted by Crippen LogP contribution is 2.10. The minimum absolute atomic E-state index is 0.233. The van der Waals surface area contributed by atoms with E-state index >= 15 is 0 Å². The van der Waals surface area contributed by atoms with Crippen molar-refractivity contribution in [2.45, 2.75) is 86.7 Å². The van der Waals surface area contributed by atoms with E-state index < -0.39 is 0 Å². The number of allylic oxidation sites excluding steroid dienone is 6. The highest BCUT2D eigenvalue weighted by molar-refractivity contribution is 5.05. The van der Waals surface area contributed by atoms with Gasteiger partial charge >= 0.3 is 0 Å². The maximum atomic E-state index is 9.62. The van der Waals surface area contributed by atoms with Gasteiger partial charge in [-0.15, -0.1) is 0 Å². The zero-order valence-electron chi connectivity index (χ0n) is 18.4. The molecule has 0 amide bonds. The summed E-state index contributed by atoms with van der Waals surface area (Å²) in [5.41, 5.74) is 5.69. The van der Waals surface area contributed by atoms with Crippen molar-refractivity contribution >= 4 is 0 Å². The molecule has 1 unspecified atom stereocenters. The molecule has 0 bridgehead atoms. The predicted molar refractivity (Wildman–Crippen MR) is 118 cm³/mol. The second-order valence-corrected chi connectivity index (χ2v) is 8.14. The first kappa shape index (κ1) is 24.9. The first-order valence-corrected chi connectivity index (χ1v) is 10.2. The Bertz CT molecular complexity index is 446. The van der Waals surface area contributed by atoms with Crippen molar-refractivity contribution in [3.8, 4) is 0 Å². The van der Waals surface area contributed by atoms with E-state index in [0.29, 0.717) is 0 Å². The molecule has 150 valence electrons. The van der Waals surface area contributed by atoms with Crippen LogP contribution in [0.25, 0.3) is 0 Å². The van der Waals surface area contributed by atoms with Crippen LogP contribution in [0, 0.1) is 0 Å². The molecule has 0 fully saturated rings. The van der Waals surface area contributed by atoms with E-state index in [1.165, 1.54) is 22.3 Å². The first-order valence-electron chi connectivity index (χ1n) is 10.2. The average molecular weight is 362 g/mol. The molecule has 26 heavy (non-hydrogen) atoms. The molecule has 0 saturated carbocycles. The molecule has 0 heterocycles. The van der Waals surface area contributed by atoms with E-state index in [1.807, 2.05) is 6.92 Å². The summed E-state index contributed by atoms with van der Waals surface area (Å²) < 4.78 is 0. The van der Waals surface area contributed by atoms with Gasteiger partial charge in [-0.1, -0.05) is 46.6 Å². The molecule has 0 aliphatic heterocycles. The lowest BCUT2D eigenvalue weighted by Crippen LogP contribution is -2.27. The molecule has 0 rings (SSSR count). The SMILES string of the molecule is CC(C)=CCC/C(C)=C/CN(C/C=C(\C)CCC=C(C)C)CCC(C)O. The van der Waals surface area contributed by atoms with Gasteiger partial charge in [-0.25, -0.2) is 0 Å². The third kappa shape index (κ3) is 16.4. The Morgan fingerprint density at radius 3 is 1.54 bits per heavy atom. The van der Waals surface area contributed by atoms with Gasteiger partial charge in [-0.05, 0) is 80.6 Å². The lowest BCUT2D eigenvalue weighted by molar-refractivity contribution is 0.164. The van der Waals surface area contributed by atoms with E-state index in [2.05, 4.69) is 70.7 Å². The summed E-state index contributed by atoms with van der Waals surface area (Å²) >= 11 is 0. The first-order chi connectivity index (χ1) is 12.2. The molecule has 0 spiro atoms. The summed E-state index contributed by atoms with van der Waals surface area (Å²) in [6, 6.07) is 0. The molecule has 1 atom stereocenters. The average Bonchev–Trinajstić information content (AvgIpc) is 2.53. The van der Waals surface area contributed by atoms with Crippen molar-refractivity contribution in [1.82, 2.24) is 4.90 Å². The zero-order valence-corrected chi connectivity index (χ0v) is 18.4. The number of aliphatic hydroxyl groups excluding tert-OH is 1. The third-order valence-corrected chi connectivity index (χ3v) is 4.44. The van der Waals surface area contributed by atoms with Gasteiger partial charge in [0, 0.05) is 19.6 Å². The molecule has 0 radical (unpaired) electrons. The minimum atomic E-state index is -0.233. The van der Waals surface area contributed by atoms with Crippen LogP contribution in [0.2, 0.25) is 0 Å². The summed E-state index contributed by atoms with van der Waals surface area (Å²) in [5, 5.41) is 9.62. The van der Waals surface area contributed by atoms with E-state index in [-0.39, 0.29) is 6.10 Å². The molecule has 0 aromatic rings. The Hall–Kier alpha value is -1.12. The molecule has 2 heteroatoms. The molecular weight excluding hydrogens is 318 g/mol. The molecule has 0 aliphatic carbocycles. The highest BCUT2D eigenvalue weighted by Gasteiger charge is 2.05. The van der Waals surface area contributed by atoms with Crippen molar-refractivity contribution in [3.05, 3.63) is 46.6 Å². The Morgan fingerprint density at radius 2 is 1.19 bits per heavy atom. The number of rotatable bonds is 13. The number of hydrogen-bond donors (Lipinski definition) is 1. The smallest absolute Gasteiger partial charge is 0.0524 e. The quantitative estimate of drug-likeness (QED) is 0.381. The molecule has 0 aliphatic rings. The van der Waals surface area contributed by atoms with Crippen molar-refractivity contribution < 1.29 is 5.11 Å².